The number of hydrogen-bond acceptors (Lipinski definition) is 4. The van der Waals surface area contributed by atoms with Crippen molar-refractivity contribution in [3.05, 3.63) is 29.3 Å². The molecule has 0 atom stereocenters. The molecule has 160 valence electrons. The second-order valence-electron chi connectivity index (χ2n) is 8.29. The molecule has 4 aliphatic carbocycles. The lowest BCUT2D eigenvalue weighted by molar-refractivity contribution is -0.0429. The quantitative estimate of drug-likeness (QED) is 0.682. The fourth-order valence-electron chi connectivity index (χ4n) is 5.58. The maximum absolute atomic E-state index is 12.8. The van der Waals surface area contributed by atoms with Gasteiger partial charge in [0.05, 0.1) is 19.9 Å². The molecule has 1 aromatic rings. The Kier molecular flexibility index (Phi) is 4.99. The summed E-state index contributed by atoms with van der Waals surface area (Å²) in [6.07, 6.45) is 5.77. The van der Waals surface area contributed by atoms with Crippen LogP contribution in [0.5, 0.6) is 5.75 Å². The Labute approximate surface area is 168 Å². The first-order chi connectivity index (χ1) is 13.6. The molecule has 1 aromatic carbocycles. The van der Waals surface area contributed by atoms with Gasteiger partial charge in [-0.2, -0.15) is 21.6 Å². The van der Waals surface area contributed by atoms with E-state index in [9.17, 15) is 21.6 Å². The van der Waals surface area contributed by atoms with Gasteiger partial charge in [-0.3, -0.25) is 4.72 Å². The zero-order valence-electron chi connectivity index (χ0n) is 16.3. The van der Waals surface area contributed by atoms with Gasteiger partial charge in [0, 0.05) is 11.6 Å². The number of methoxy groups -OCH3 is 2. The molecular formula is C20H24F3NO4S. The van der Waals surface area contributed by atoms with Crippen molar-refractivity contribution in [3.63, 3.8) is 0 Å². The lowest BCUT2D eigenvalue weighted by atomic mass is 9.54. The summed E-state index contributed by atoms with van der Waals surface area (Å²) in [5.74, 6) is 3.22. The van der Waals surface area contributed by atoms with Crippen LogP contribution in [0.3, 0.4) is 0 Å². The number of nitrogens with one attached hydrogen (secondary N) is 1. The Morgan fingerprint density at radius 2 is 1.59 bits per heavy atom. The summed E-state index contributed by atoms with van der Waals surface area (Å²) in [6, 6.07) is 4.27. The van der Waals surface area contributed by atoms with Crippen molar-refractivity contribution in [2.75, 3.05) is 18.9 Å². The fourth-order valence-corrected chi connectivity index (χ4v) is 6.13. The van der Waals surface area contributed by atoms with Gasteiger partial charge in [0.25, 0.3) is 0 Å². The zero-order chi connectivity index (χ0) is 21.0. The standard InChI is InChI=1S/C20H24F3NO4S/c1-27-17-9-15(8-16(10-17)24-29(25,26)20(21,22)23)19(28-2)18-13-4-11-3-12(6-13)7-14(18)5-11/h8-14,24H,3-7H2,1-2H3. The predicted molar refractivity (Wildman–Crippen MR) is 103 cm³/mol. The molecule has 0 radical (unpaired) electrons. The third kappa shape index (κ3) is 3.69. The van der Waals surface area contributed by atoms with Gasteiger partial charge in [0.1, 0.15) is 11.5 Å². The van der Waals surface area contributed by atoms with Crippen LogP contribution in [0.2, 0.25) is 0 Å². The van der Waals surface area contributed by atoms with Crippen molar-refractivity contribution in [2.45, 2.75) is 37.6 Å². The van der Waals surface area contributed by atoms with Gasteiger partial charge in [-0.1, -0.05) is 0 Å². The van der Waals surface area contributed by atoms with Crippen LogP contribution in [-0.2, 0) is 14.8 Å². The number of allylic oxidation sites excluding steroid dienone is 1. The first-order valence-corrected chi connectivity index (χ1v) is 11.2. The van der Waals surface area contributed by atoms with E-state index in [0.29, 0.717) is 23.2 Å². The summed E-state index contributed by atoms with van der Waals surface area (Å²) in [5.41, 5.74) is -3.87. The number of anilines is 1. The van der Waals surface area contributed by atoms with Crippen LogP contribution in [-0.4, -0.2) is 28.1 Å². The largest absolute Gasteiger partial charge is 0.516 e. The van der Waals surface area contributed by atoms with E-state index in [1.54, 1.807) is 17.9 Å². The van der Waals surface area contributed by atoms with Crippen LogP contribution < -0.4 is 9.46 Å². The van der Waals surface area contributed by atoms with E-state index in [-0.39, 0.29) is 11.4 Å². The van der Waals surface area contributed by atoms with Crippen molar-refractivity contribution in [1.82, 2.24) is 0 Å². The molecule has 4 fully saturated rings. The molecule has 0 unspecified atom stereocenters. The van der Waals surface area contributed by atoms with E-state index in [1.807, 2.05) is 0 Å². The van der Waals surface area contributed by atoms with Crippen LogP contribution in [0.25, 0.3) is 5.76 Å². The van der Waals surface area contributed by atoms with Crippen molar-refractivity contribution >= 4 is 21.5 Å². The Hall–Kier alpha value is -1.90. The topological polar surface area (TPSA) is 64.6 Å². The number of ether oxygens (including phenoxy) is 2. The average molecular weight is 431 g/mol. The number of hydrogen-bond donors (Lipinski definition) is 1. The summed E-state index contributed by atoms with van der Waals surface area (Å²) in [4.78, 5) is 0. The van der Waals surface area contributed by atoms with Crippen LogP contribution in [0, 0.1) is 23.7 Å². The predicted octanol–water partition coefficient (Wildman–Crippen LogP) is 4.77. The SMILES string of the molecule is COC(=C1C2CC3CC(C2)CC1C3)c1cc(NS(=O)(=O)C(F)(F)F)cc(OC)c1. The minimum Gasteiger partial charge on any atom is -0.497 e. The van der Waals surface area contributed by atoms with Crippen LogP contribution in [0.4, 0.5) is 18.9 Å². The number of benzene rings is 1. The van der Waals surface area contributed by atoms with Crippen molar-refractivity contribution in [3.8, 4) is 5.75 Å². The van der Waals surface area contributed by atoms with Gasteiger partial charge in [0.2, 0.25) is 0 Å². The molecule has 0 saturated heterocycles. The van der Waals surface area contributed by atoms with E-state index in [0.717, 1.165) is 37.5 Å². The molecule has 4 aliphatic rings. The Bertz CT molecular complexity index is 910. The zero-order valence-corrected chi connectivity index (χ0v) is 17.1. The summed E-state index contributed by atoms with van der Waals surface area (Å²) in [7, 11) is -2.60. The van der Waals surface area contributed by atoms with Gasteiger partial charge in [-0.15, -0.1) is 0 Å². The van der Waals surface area contributed by atoms with Crippen molar-refractivity contribution in [2.24, 2.45) is 23.7 Å². The first kappa shape index (κ1) is 20.4. The molecule has 0 amide bonds. The first-order valence-electron chi connectivity index (χ1n) is 9.68. The molecule has 0 spiro atoms. The van der Waals surface area contributed by atoms with Gasteiger partial charge in [0.15, 0.2) is 0 Å². The number of sulfonamides is 1. The normalized spacial score (nSPS) is 28.4. The van der Waals surface area contributed by atoms with Gasteiger partial charge < -0.3 is 9.47 Å². The summed E-state index contributed by atoms with van der Waals surface area (Å²) in [6.45, 7) is 0. The Morgan fingerprint density at radius 1 is 1.00 bits per heavy atom. The fraction of sp³-hybridized carbons (Fsp3) is 0.600. The molecule has 4 bridgehead atoms. The molecule has 5 nitrogen and oxygen atoms in total. The van der Waals surface area contributed by atoms with Crippen LogP contribution in [0.15, 0.2) is 23.8 Å². The highest BCUT2D eigenvalue weighted by atomic mass is 32.2. The molecule has 29 heavy (non-hydrogen) atoms. The molecule has 4 saturated carbocycles. The van der Waals surface area contributed by atoms with Gasteiger partial charge in [-0.05, 0) is 73.5 Å². The lowest BCUT2D eigenvalue weighted by Gasteiger charge is -2.51. The second kappa shape index (κ2) is 7.11. The van der Waals surface area contributed by atoms with E-state index in [1.165, 1.54) is 31.2 Å². The van der Waals surface area contributed by atoms with Crippen LogP contribution in [0.1, 0.15) is 37.7 Å². The smallest absolute Gasteiger partial charge is 0.497 e. The molecule has 5 rings (SSSR count). The minimum absolute atomic E-state index is 0.212. The van der Waals surface area contributed by atoms with Gasteiger partial charge >= 0.3 is 15.5 Å². The second-order valence-corrected chi connectivity index (χ2v) is 9.97. The molecule has 9 heteroatoms. The number of halogens is 3. The molecule has 0 aromatic heterocycles. The summed E-state index contributed by atoms with van der Waals surface area (Å²) < 4.78 is 74.1. The van der Waals surface area contributed by atoms with E-state index in [2.05, 4.69) is 0 Å². The molecule has 1 N–H and O–H groups in total. The highest BCUT2D eigenvalue weighted by Gasteiger charge is 2.47. The number of alkyl halides is 3. The molecular weight excluding hydrogens is 407 g/mol. The molecule has 0 heterocycles. The third-order valence-electron chi connectivity index (χ3n) is 6.45. The molecule has 0 aliphatic heterocycles. The van der Waals surface area contributed by atoms with Crippen molar-refractivity contribution < 1.29 is 31.1 Å². The van der Waals surface area contributed by atoms with E-state index in [4.69, 9.17) is 9.47 Å². The Morgan fingerprint density at radius 3 is 2.07 bits per heavy atom. The maximum Gasteiger partial charge on any atom is 0.516 e. The van der Waals surface area contributed by atoms with Crippen LogP contribution >= 0.6 is 0 Å². The third-order valence-corrected chi connectivity index (χ3v) is 7.56. The minimum atomic E-state index is -5.53. The Balaban J connectivity index is 1.76. The van der Waals surface area contributed by atoms with E-state index < -0.39 is 15.5 Å². The maximum atomic E-state index is 12.8. The average Bonchev–Trinajstić information content (AvgIpc) is 2.62. The summed E-state index contributed by atoms with van der Waals surface area (Å²) >= 11 is 0. The monoisotopic (exact) mass is 431 g/mol. The van der Waals surface area contributed by atoms with E-state index >= 15 is 0 Å². The highest BCUT2D eigenvalue weighted by Crippen LogP contribution is 2.58. The lowest BCUT2D eigenvalue weighted by Crippen LogP contribution is -2.40. The van der Waals surface area contributed by atoms with Crippen molar-refractivity contribution in [1.29, 1.82) is 0 Å². The number of rotatable bonds is 5. The highest BCUT2D eigenvalue weighted by molar-refractivity contribution is 7.93. The van der Waals surface area contributed by atoms with Gasteiger partial charge in [-0.25, -0.2) is 0 Å². The summed E-state index contributed by atoms with van der Waals surface area (Å²) in [5, 5.41) is 0.